The maximum absolute atomic E-state index is 12.4. The van der Waals surface area contributed by atoms with Crippen LogP contribution in [0, 0.1) is 80.1 Å². The Balaban J connectivity index is 0.000000149. The maximum Gasteiger partial charge on any atom is 0.274 e. The average molecular weight is 2070 g/mol. The van der Waals surface area contributed by atoms with Gasteiger partial charge in [-0.1, -0.05) is 147 Å². The third kappa shape index (κ3) is 35.6. The van der Waals surface area contributed by atoms with Crippen molar-refractivity contribution in [3.63, 3.8) is 0 Å². The van der Waals surface area contributed by atoms with Gasteiger partial charge in [-0.2, -0.15) is 0 Å². The highest BCUT2D eigenvalue weighted by Crippen LogP contribution is 2.36. The number of nitrogens with one attached hydrogen (secondary N) is 7. The molecular weight excluding hydrogens is 1980 g/mol. The molecule has 0 saturated heterocycles. The molecule has 0 bridgehead atoms. The Bertz CT molecular complexity index is 7500. The normalized spacial score (nSPS) is 10.2. The average Bonchev–Trinajstić information content (AvgIpc) is 0.864. The number of hydrogen-bond acceptors (Lipinski definition) is 19. The molecule has 0 atom stereocenters. The fraction of sp³-hybridized carbons (Fsp3) is 0.0672. The van der Waals surface area contributed by atoms with Gasteiger partial charge in [0.2, 0.25) is 0 Å². The van der Waals surface area contributed by atoms with Crippen LogP contribution in [0.5, 0.6) is 57.5 Å². The number of aromatic nitrogens is 7. The summed E-state index contributed by atoms with van der Waals surface area (Å²) in [5, 5.41) is 22.5. The number of aryl methyl sites for hydroxylation is 8. The first-order valence-electron chi connectivity index (χ1n) is 45.8. The Morgan fingerprint density at radius 2 is 0.530 bits per heavy atom. The summed E-state index contributed by atoms with van der Waals surface area (Å²) in [6.07, 6.45) is 24.0. The van der Waals surface area contributed by atoms with Gasteiger partial charge >= 0.3 is 0 Å². The molecule has 7 aromatic heterocycles. The zero-order valence-electron chi connectivity index (χ0n) is 81.5. The summed E-state index contributed by atoms with van der Waals surface area (Å²) < 4.78 is 28.7. The van der Waals surface area contributed by atoms with Crippen molar-refractivity contribution >= 4 is 139 Å². The molecule has 18 rings (SSSR count). The molecule has 0 spiro atoms. The molecule has 0 unspecified atom stereocenters. The van der Waals surface area contributed by atoms with Crippen molar-refractivity contribution in [3.05, 3.63) is 492 Å². The number of ether oxygens (including phenoxy) is 5. The molecule has 0 radical (unpaired) electrons. The topological polar surface area (TPSA) is 323 Å². The zero-order chi connectivity index (χ0) is 106. The fourth-order valence-corrected chi connectivity index (χ4v) is 14.8. The van der Waals surface area contributed by atoms with E-state index in [1.54, 1.807) is 232 Å². The van der Waals surface area contributed by atoms with Crippen molar-refractivity contribution in [2.75, 3.05) is 37.2 Å². The molecule has 742 valence electrons. The number of benzene rings is 11. The van der Waals surface area contributed by atoms with E-state index in [-0.39, 0.29) is 35.4 Å². The van der Waals surface area contributed by atoms with E-state index < -0.39 is 0 Å². The maximum atomic E-state index is 12.4. The molecular formula is C119H95Cl5N14O11. The Labute approximate surface area is 886 Å². The standard InChI is InChI=1S/C21H15ClN2O2.2C20H17ClN2O2.C20H13ClN2O2.C19H16ClN3O2.C19H17N3O/c1-3-15-5-4-6-16(9-15)21(25)24-18-10-17(22)11-20(12-18)26-19-8-7-14(2)23-13-19;2*1-13-4-3-5-15(8-13)20(24)23-17-9-16(21)10-19(11-17)25-18-7-6-14(2)22-12-18;1-2-14-5-3-6-15(9-14)20(24)23-17-10-16(21)11-19(12-17)25-18-7-4-8-22-13-18;1-12-6-7-16(11-21-12)25-17-9-14(20)8-15(10-17)23-19(24)18-5-3-4-13(2)22-18;1-14-5-2-6-15(11-14)19(23)22-17-8-3-7-16(12-17)21-18-9-4-10-20-13-18/h1,4-13H,2H3,(H,24,25);2*3-12H,1-2H3,(H,23,24);1,3-13H,(H,23,24);3-11H,1-2H3,(H,23,24);2-13,21H,1H3,(H,22,23). The lowest BCUT2D eigenvalue weighted by molar-refractivity contribution is 0.101. The Morgan fingerprint density at radius 3 is 0.832 bits per heavy atom. The summed E-state index contributed by atoms with van der Waals surface area (Å²) in [5.41, 5.74) is 17.1. The lowest BCUT2D eigenvalue weighted by Crippen LogP contribution is -2.14. The number of pyridine rings is 7. The number of rotatable bonds is 24. The van der Waals surface area contributed by atoms with E-state index in [0.717, 1.165) is 62.2 Å². The van der Waals surface area contributed by atoms with Crippen LogP contribution in [0.3, 0.4) is 0 Å². The molecule has 0 aliphatic carbocycles. The van der Waals surface area contributed by atoms with Gasteiger partial charge in [-0.3, -0.25) is 58.7 Å². The minimum Gasteiger partial charge on any atom is -0.456 e. The lowest BCUT2D eigenvalue weighted by Gasteiger charge is -2.10. The van der Waals surface area contributed by atoms with Crippen molar-refractivity contribution in [1.82, 2.24) is 34.9 Å². The van der Waals surface area contributed by atoms with Crippen LogP contribution < -0.4 is 60.9 Å². The molecule has 0 aliphatic rings. The fourth-order valence-electron chi connectivity index (χ4n) is 13.6. The van der Waals surface area contributed by atoms with Gasteiger partial charge in [0, 0.05) is 175 Å². The predicted octanol–water partition coefficient (Wildman–Crippen LogP) is 29.8. The lowest BCUT2D eigenvalue weighted by atomic mass is 10.1. The predicted molar refractivity (Wildman–Crippen MR) is 591 cm³/mol. The van der Waals surface area contributed by atoms with Crippen LogP contribution >= 0.6 is 58.0 Å². The summed E-state index contributed by atoms with van der Waals surface area (Å²) in [4.78, 5) is 103. The summed E-state index contributed by atoms with van der Waals surface area (Å²) >= 11 is 30.7. The number of amides is 6. The molecule has 0 aliphatic heterocycles. The van der Waals surface area contributed by atoms with Gasteiger partial charge in [0.15, 0.2) is 0 Å². The second-order valence-electron chi connectivity index (χ2n) is 33.0. The molecule has 0 saturated carbocycles. The van der Waals surface area contributed by atoms with Gasteiger partial charge in [-0.05, 0) is 292 Å². The summed E-state index contributed by atoms with van der Waals surface area (Å²) in [6, 6.07) is 96.0. The second kappa shape index (κ2) is 53.8. The van der Waals surface area contributed by atoms with E-state index in [9.17, 15) is 28.8 Å². The molecule has 7 heterocycles. The van der Waals surface area contributed by atoms with E-state index in [4.69, 9.17) is 94.5 Å². The van der Waals surface area contributed by atoms with Crippen molar-refractivity contribution in [1.29, 1.82) is 0 Å². The minimum atomic E-state index is -0.311. The molecule has 0 fully saturated rings. The van der Waals surface area contributed by atoms with Crippen LogP contribution in [-0.4, -0.2) is 70.3 Å². The van der Waals surface area contributed by atoms with E-state index in [1.165, 1.54) is 0 Å². The van der Waals surface area contributed by atoms with Crippen molar-refractivity contribution in [3.8, 4) is 82.2 Å². The number of halogens is 5. The Morgan fingerprint density at radius 1 is 0.242 bits per heavy atom. The van der Waals surface area contributed by atoms with Crippen LogP contribution in [0.2, 0.25) is 25.1 Å². The Hall–Kier alpha value is -18.3. The number of carbonyl (C=O) groups excluding carboxylic acids is 6. The summed E-state index contributed by atoms with van der Waals surface area (Å²) in [6.45, 7) is 15.3. The van der Waals surface area contributed by atoms with Gasteiger partial charge in [0.25, 0.3) is 35.4 Å². The van der Waals surface area contributed by atoms with Crippen molar-refractivity contribution < 1.29 is 52.5 Å². The van der Waals surface area contributed by atoms with E-state index >= 15 is 0 Å². The zero-order valence-corrected chi connectivity index (χ0v) is 85.2. The van der Waals surface area contributed by atoms with Gasteiger partial charge in [0.1, 0.15) is 63.2 Å². The highest BCUT2D eigenvalue weighted by atomic mass is 35.5. The van der Waals surface area contributed by atoms with Crippen LogP contribution in [0.25, 0.3) is 0 Å². The number of anilines is 8. The largest absolute Gasteiger partial charge is 0.456 e. The van der Waals surface area contributed by atoms with Crippen molar-refractivity contribution in [2.45, 2.75) is 55.4 Å². The smallest absolute Gasteiger partial charge is 0.274 e. The molecule has 25 nitrogen and oxygen atoms in total. The number of hydrogen-bond donors (Lipinski definition) is 7. The van der Waals surface area contributed by atoms with Gasteiger partial charge in [-0.15, -0.1) is 12.8 Å². The molecule has 18 aromatic rings. The summed E-state index contributed by atoms with van der Waals surface area (Å²) in [5.74, 6) is 9.10. The molecule has 11 aromatic carbocycles. The molecule has 149 heavy (non-hydrogen) atoms. The monoisotopic (exact) mass is 2070 g/mol. The number of carbonyl (C=O) groups is 6. The highest BCUT2D eigenvalue weighted by Gasteiger charge is 2.18. The third-order valence-electron chi connectivity index (χ3n) is 20.6. The quantitative estimate of drug-likeness (QED) is 0.0276. The first kappa shape index (κ1) is 108. The second-order valence-corrected chi connectivity index (χ2v) is 35.2. The first-order chi connectivity index (χ1) is 71.8. The van der Waals surface area contributed by atoms with Gasteiger partial charge in [0.05, 0.1) is 42.9 Å². The molecule has 7 N–H and O–H groups in total. The van der Waals surface area contributed by atoms with Crippen LogP contribution in [0.1, 0.15) is 119 Å². The van der Waals surface area contributed by atoms with E-state index in [0.29, 0.717) is 156 Å². The SMILES string of the molecule is C#Cc1cccc(C(=O)Nc2cc(Cl)cc(Oc3ccc(C)nc3)c2)c1.C#Cc1cccc(C(=O)Nc2cc(Cl)cc(Oc3cccnc3)c2)c1.Cc1ccc(Oc2cc(Cl)cc(NC(=O)c3cccc(C)n3)c2)cn1.Cc1cccc(C(=O)Nc2cc(Cl)cc(Oc3ccc(C)nc3)c2)c1.Cc1cccc(C(=O)Nc2cc(Cl)cc(Oc3ccc(C)nc3)c2)c1.Cc1cccc(C(=O)Nc2cccc(Nc3cccnc3)c2)c1. The Kier molecular flexibility index (Phi) is 39.0. The molecule has 30 heteroatoms. The first-order valence-corrected chi connectivity index (χ1v) is 47.7. The van der Waals surface area contributed by atoms with Crippen LogP contribution in [-0.2, 0) is 0 Å². The van der Waals surface area contributed by atoms with Crippen LogP contribution in [0.4, 0.5) is 45.5 Å². The van der Waals surface area contributed by atoms with Crippen molar-refractivity contribution in [2.24, 2.45) is 0 Å². The number of terminal acetylenes is 2. The highest BCUT2D eigenvalue weighted by molar-refractivity contribution is 6.33. The van der Waals surface area contributed by atoms with Gasteiger partial charge < -0.3 is 60.9 Å². The van der Waals surface area contributed by atoms with E-state index in [2.05, 4.69) is 83.9 Å². The number of nitrogens with zero attached hydrogens (tertiary/aromatic N) is 7. The van der Waals surface area contributed by atoms with E-state index in [1.807, 2.05) is 201 Å². The minimum absolute atomic E-state index is 0.118. The van der Waals surface area contributed by atoms with Crippen LogP contribution in [0.15, 0.2) is 377 Å². The summed E-state index contributed by atoms with van der Waals surface area (Å²) in [7, 11) is 0. The van der Waals surface area contributed by atoms with Gasteiger partial charge in [-0.25, -0.2) is 4.98 Å². The third-order valence-corrected chi connectivity index (χ3v) is 21.7. The molecule has 6 amide bonds.